The van der Waals surface area contributed by atoms with Crippen LogP contribution >= 0.6 is 11.6 Å². The van der Waals surface area contributed by atoms with Gasteiger partial charge in [0.2, 0.25) is 0 Å². The van der Waals surface area contributed by atoms with Crippen LogP contribution in [-0.2, 0) is 13.5 Å². The molecule has 1 unspecified atom stereocenters. The van der Waals surface area contributed by atoms with Gasteiger partial charge >= 0.3 is 0 Å². The van der Waals surface area contributed by atoms with Crippen molar-refractivity contribution in [1.82, 2.24) is 9.78 Å². The van der Waals surface area contributed by atoms with Crippen LogP contribution in [0.5, 0.6) is 0 Å². The van der Waals surface area contributed by atoms with Gasteiger partial charge in [-0.1, -0.05) is 0 Å². The number of rotatable bonds is 3. The van der Waals surface area contributed by atoms with Gasteiger partial charge in [0.05, 0.1) is 11.7 Å². The van der Waals surface area contributed by atoms with Gasteiger partial charge in [-0.15, -0.1) is 0 Å². The predicted octanol–water partition coefficient (Wildman–Crippen LogP) is 2.22. The van der Waals surface area contributed by atoms with Crippen LogP contribution in [0.25, 0.3) is 0 Å². The first-order valence-corrected chi connectivity index (χ1v) is 5.44. The van der Waals surface area contributed by atoms with Crippen molar-refractivity contribution >= 4 is 11.6 Å². The number of furan rings is 1. The van der Waals surface area contributed by atoms with Gasteiger partial charge in [0.15, 0.2) is 5.22 Å². The lowest BCUT2D eigenvalue weighted by atomic mass is 10.1. The van der Waals surface area contributed by atoms with Gasteiger partial charge in [0, 0.05) is 19.2 Å². The normalized spacial score (nSPS) is 13.0. The van der Waals surface area contributed by atoms with Crippen molar-refractivity contribution in [2.45, 2.75) is 19.4 Å². The molecule has 2 heterocycles. The molecule has 0 saturated carbocycles. The van der Waals surface area contributed by atoms with E-state index in [0.29, 0.717) is 17.4 Å². The molecule has 0 aromatic carbocycles. The van der Waals surface area contributed by atoms with Crippen LogP contribution in [0.15, 0.2) is 22.6 Å². The highest BCUT2D eigenvalue weighted by molar-refractivity contribution is 6.28. The fourth-order valence-corrected chi connectivity index (χ4v) is 1.86. The number of nitrogens with two attached hydrogens (primary N) is 1. The average molecular weight is 240 g/mol. The molecule has 2 aromatic heterocycles. The third-order valence-corrected chi connectivity index (χ3v) is 2.69. The summed E-state index contributed by atoms with van der Waals surface area (Å²) in [7, 11) is 1.91. The predicted molar refractivity (Wildman–Crippen MR) is 62.3 cm³/mol. The summed E-state index contributed by atoms with van der Waals surface area (Å²) in [6, 6.07) is 5.33. The van der Waals surface area contributed by atoms with Crippen molar-refractivity contribution in [2.24, 2.45) is 12.8 Å². The molecule has 4 nitrogen and oxygen atoms in total. The van der Waals surface area contributed by atoms with Crippen LogP contribution in [0.4, 0.5) is 0 Å². The molecule has 5 heteroatoms. The maximum Gasteiger partial charge on any atom is 0.193 e. The van der Waals surface area contributed by atoms with E-state index >= 15 is 0 Å². The van der Waals surface area contributed by atoms with Gasteiger partial charge in [-0.2, -0.15) is 5.10 Å². The number of aryl methyl sites for hydroxylation is 2. The Kier molecular flexibility index (Phi) is 3.03. The topological polar surface area (TPSA) is 57.0 Å². The molecule has 0 aliphatic heterocycles. The quantitative estimate of drug-likeness (QED) is 0.894. The highest BCUT2D eigenvalue weighted by Gasteiger charge is 2.13. The smallest absolute Gasteiger partial charge is 0.193 e. The molecule has 0 aliphatic carbocycles. The molecule has 0 amide bonds. The van der Waals surface area contributed by atoms with Gasteiger partial charge in [-0.3, -0.25) is 4.68 Å². The molecule has 0 saturated heterocycles. The van der Waals surface area contributed by atoms with Crippen LogP contribution in [-0.4, -0.2) is 9.78 Å². The third kappa shape index (κ3) is 2.28. The van der Waals surface area contributed by atoms with Gasteiger partial charge < -0.3 is 10.2 Å². The molecule has 0 fully saturated rings. The van der Waals surface area contributed by atoms with Crippen molar-refractivity contribution < 1.29 is 4.42 Å². The number of hydrogen-bond acceptors (Lipinski definition) is 3. The van der Waals surface area contributed by atoms with Gasteiger partial charge in [0.25, 0.3) is 0 Å². The summed E-state index contributed by atoms with van der Waals surface area (Å²) in [5, 5.41) is 4.63. The Balaban J connectivity index is 2.13. The summed E-state index contributed by atoms with van der Waals surface area (Å²) in [6.07, 6.45) is 0.682. The van der Waals surface area contributed by atoms with Crippen LogP contribution in [0.1, 0.15) is 23.2 Å². The first-order chi connectivity index (χ1) is 7.56. The number of hydrogen-bond donors (Lipinski definition) is 1. The van der Waals surface area contributed by atoms with Crippen LogP contribution in [0.3, 0.4) is 0 Å². The monoisotopic (exact) mass is 239 g/mol. The number of halogens is 1. The molecular formula is C11H14ClN3O. The minimum Gasteiger partial charge on any atom is -0.448 e. The highest BCUT2D eigenvalue weighted by atomic mass is 35.5. The largest absolute Gasteiger partial charge is 0.448 e. The summed E-state index contributed by atoms with van der Waals surface area (Å²) in [4.78, 5) is 0. The summed E-state index contributed by atoms with van der Waals surface area (Å²) in [5.41, 5.74) is 8.09. The van der Waals surface area contributed by atoms with E-state index in [-0.39, 0.29) is 6.04 Å². The standard InChI is InChI=1S/C11H14ClN3O/c1-7-5-8(15(2)14-7)6-9(13)10-3-4-11(12)16-10/h3-5,9H,6,13H2,1-2H3. The fraction of sp³-hybridized carbons (Fsp3) is 0.364. The number of aromatic nitrogens is 2. The second-order valence-corrected chi connectivity index (χ2v) is 4.23. The van der Waals surface area contributed by atoms with Gasteiger partial charge in [0.1, 0.15) is 5.76 Å². The van der Waals surface area contributed by atoms with Gasteiger partial charge in [-0.25, -0.2) is 0 Å². The Bertz CT molecular complexity index is 489. The zero-order chi connectivity index (χ0) is 11.7. The van der Waals surface area contributed by atoms with Crippen molar-refractivity contribution in [2.75, 3.05) is 0 Å². The summed E-state index contributed by atoms with van der Waals surface area (Å²) < 4.78 is 7.11. The zero-order valence-electron chi connectivity index (χ0n) is 9.27. The SMILES string of the molecule is Cc1cc(CC(N)c2ccc(Cl)o2)n(C)n1. The van der Waals surface area contributed by atoms with Crippen molar-refractivity contribution in [3.8, 4) is 0 Å². The van der Waals surface area contributed by atoms with E-state index in [0.717, 1.165) is 11.4 Å². The van der Waals surface area contributed by atoms with E-state index in [2.05, 4.69) is 5.10 Å². The van der Waals surface area contributed by atoms with Crippen LogP contribution in [0.2, 0.25) is 5.22 Å². The highest BCUT2D eigenvalue weighted by Crippen LogP contribution is 2.21. The Hall–Kier alpha value is -1.26. The van der Waals surface area contributed by atoms with E-state index in [9.17, 15) is 0 Å². The molecule has 2 aromatic rings. The Morgan fingerprint density at radius 3 is 2.81 bits per heavy atom. The first-order valence-electron chi connectivity index (χ1n) is 5.06. The Morgan fingerprint density at radius 1 is 1.56 bits per heavy atom. The van der Waals surface area contributed by atoms with E-state index in [1.807, 2.05) is 24.7 Å². The summed E-state index contributed by atoms with van der Waals surface area (Å²) >= 11 is 5.70. The summed E-state index contributed by atoms with van der Waals surface area (Å²) in [6.45, 7) is 1.96. The van der Waals surface area contributed by atoms with Crippen LogP contribution in [0, 0.1) is 6.92 Å². The lowest BCUT2D eigenvalue weighted by molar-refractivity contribution is 0.460. The summed E-state index contributed by atoms with van der Waals surface area (Å²) in [5.74, 6) is 0.698. The van der Waals surface area contributed by atoms with Crippen molar-refractivity contribution in [1.29, 1.82) is 0 Å². The second kappa shape index (κ2) is 4.31. The second-order valence-electron chi connectivity index (χ2n) is 3.85. The lowest BCUT2D eigenvalue weighted by Gasteiger charge is -2.08. The molecule has 0 radical (unpaired) electrons. The molecule has 16 heavy (non-hydrogen) atoms. The molecule has 0 aliphatic rings. The molecule has 2 rings (SSSR count). The average Bonchev–Trinajstić information content (AvgIpc) is 2.74. The molecule has 86 valence electrons. The minimum atomic E-state index is -0.192. The van der Waals surface area contributed by atoms with Crippen LogP contribution < -0.4 is 5.73 Å². The fourth-order valence-electron chi connectivity index (χ4n) is 1.71. The van der Waals surface area contributed by atoms with Crippen molar-refractivity contribution in [3.05, 3.63) is 40.6 Å². The molecule has 0 spiro atoms. The maximum absolute atomic E-state index is 6.02. The third-order valence-electron chi connectivity index (χ3n) is 2.49. The van der Waals surface area contributed by atoms with E-state index < -0.39 is 0 Å². The zero-order valence-corrected chi connectivity index (χ0v) is 10.0. The van der Waals surface area contributed by atoms with Gasteiger partial charge in [-0.05, 0) is 36.7 Å². The molecule has 1 atom stereocenters. The van der Waals surface area contributed by atoms with E-state index in [4.69, 9.17) is 21.8 Å². The van der Waals surface area contributed by atoms with Crippen molar-refractivity contribution in [3.63, 3.8) is 0 Å². The molecular weight excluding hydrogens is 226 g/mol. The van der Waals surface area contributed by atoms with E-state index in [1.54, 1.807) is 12.1 Å². The molecule has 0 bridgehead atoms. The maximum atomic E-state index is 6.02. The minimum absolute atomic E-state index is 0.192. The molecule has 2 N–H and O–H groups in total. The Morgan fingerprint density at radius 2 is 2.31 bits per heavy atom. The first kappa shape index (κ1) is 11.2. The number of nitrogens with zero attached hydrogens (tertiary/aromatic N) is 2. The Labute approximate surface area is 99.0 Å². The lowest BCUT2D eigenvalue weighted by Crippen LogP contribution is -2.14. The van der Waals surface area contributed by atoms with E-state index in [1.165, 1.54) is 0 Å².